The predicted octanol–water partition coefficient (Wildman–Crippen LogP) is 3.01. The Bertz CT molecular complexity index is 1550. The van der Waals surface area contributed by atoms with Crippen LogP contribution in [0, 0.1) is 22.7 Å². The summed E-state index contributed by atoms with van der Waals surface area (Å²) in [6.07, 6.45) is -8.35. The maximum Gasteiger partial charge on any atom is 0.407 e. The molecule has 2 saturated heterocycles. The monoisotopic (exact) mass is 765 g/mol. The smallest absolute Gasteiger partial charge is 0.407 e. The highest BCUT2D eigenvalue weighted by atomic mass is 16.7. The molecule has 2 aliphatic heterocycles. The quantitative estimate of drug-likeness (QED) is 0.143. The maximum absolute atomic E-state index is 13.9. The topological polar surface area (TPSA) is 206 Å². The first-order chi connectivity index (χ1) is 24.8. The van der Waals surface area contributed by atoms with Crippen LogP contribution >= 0.6 is 0 Å². The molecule has 2 heterocycles. The first-order valence-electron chi connectivity index (χ1n) is 18.8. The van der Waals surface area contributed by atoms with E-state index in [2.05, 4.69) is 11.9 Å². The average Bonchev–Trinajstić information content (AvgIpc) is 3.28. The van der Waals surface area contributed by atoms with E-state index in [-0.39, 0.29) is 37.4 Å². The molecule has 0 aromatic heterocycles. The van der Waals surface area contributed by atoms with Crippen LogP contribution in [0.2, 0.25) is 0 Å². The van der Waals surface area contributed by atoms with E-state index in [0.717, 1.165) is 0 Å². The zero-order valence-electron chi connectivity index (χ0n) is 33.3. The number of carbonyl (C=O) groups excluding carboxylic acids is 4. The molecule has 5 unspecified atom stereocenters. The molecule has 2 saturated carbocycles. The van der Waals surface area contributed by atoms with Crippen LogP contribution in [0.25, 0.3) is 0 Å². The van der Waals surface area contributed by atoms with E-state index in [4.69, 9.17) is 33.2 Å². The summed E-state index contributed by atoms with van der Waals surface area (Å²) in [7, 11) is 0. The van der Waals surface area contributed by atoms with Crippen molar-refractivity contribution in [3.8, 4) is 0 Å². The Kier molecular flexibility index (Phi) is 11.3. The molecule has 0 spiro atoms. The van der Waals surface area contributed by atoms with Crippen molar-refractivity contribution in [2.24, 2.45) is 22.7 Å². The molecular weight excluding hydrogens is 706 g/mol. The van der Waals surface area contributed by atoms with Crippen LogP contribution in [-0.2, 0) is 47.5 Å². The van der Waals surface area contributed by atoms with Gasteiger partial charge in [-0.2, -0.15) is 0 Å². The summed E-state index contributed by atoms with van der Waals surface area (Å²) in [4.78, 5) is 52.5. The molecule has 0 radical (unpaired) electrons. The summed E-state index contributed by atoms with van der Waals surface area (Å²) < 4.78 is 42.7. The highest BCUT2D eigenvalue weighted by Gasteiger charge is 2.80. The summed E-state index contributed by atoms with van der Waals surface area (Å²) in [5.74, 6) is -3.44. The molecule has 5 aliphatic rings. The molecule has 4 N–H and O–H groups in total. The summed E-state index contributed by atoms with van der Waals surface area (Å²) in [6.45, 7) is 21.6. The zero-order chi connectivity index (χ0) is 40.5. The summed E-state index contributed by atoms with van der Waals surface area (Å²) in [5.41, 5.74) is -6.36. The minimum Gasteiger partial charge on any atom is -0.456 e. The van der Waals surface area contributed by atoms with E-state index >= 15 is 0 Å². The Balaban J connectivity index is 1.65. The fourth-order valence-corrected chi connectivity index (χ4v) is 9.94. The fraction of sp³-hybridized carbons (Fsp3) is 0.795. The van der Waals surface area contributed by atoms with Crippen molar-refractivity contribution >= 4 is 24.0 Å². The lowest BCUT2D eigenvalue weighted by atomic mass is 9.49. The van der Waals surface area contributed by atoms with Gasteiger partial charge in [-0.15, -0.1) is 0 Å². The molecular formula is C39H59NO14. The molecule has 54 heavy (non-hydrogen) atoms. The van der Waals surface area contributed by atoms with Gasteiger partial charge in [0.1, 0.15) is 23.9 Å². The van der Waals surface area contributed by atoms with E-state index in [1.807, 2.05) is 20.8 Å². The number of hydrogen-bond donors (Lipinski definition) is 4. The number of aliphatic hydroxyl groups is 3. The van der Waals surface area contributed by atoms with Gasteiger partial charge < -0.3 is 53.8 Å². The molecule has 0 aromatic carbocycles. The highest BCUT2D eigenvalue weighted by molar-refractivity contribution is 5.77. The Morgan fingerprint density at radius 1 is 1.06 bits per heavy atom. The number of amides is 1. The van der Waals surface area contributed by atoms with E-state index in [9.17, 15) is 34.5 Å². The van der Waals surface area contributed by atoms with Gasteiger partial charge in [-0.25, -0.2) is 9.59 Å². The number of esters is 3. The Morgan fingerprint density at radius 2 is 1.70 bits per heavy atom. The van der Waals surface area contributed by atoms with Crippen molar-refractivity contribution in [3.63, 3.8) is 0 Å². The first kappa shape index (κ1) is 42.1. The van der Waals surface area contributed by atoms with Crippen molar-refractivity contribution in [2.75, 3.05) is 6.61 Å². The van der Waals surface area contributed by atoms with Gasteiger partial charge in [-0.05, 0) is 71.1 Å². The van der Waals surface area contributed by atoms with Gasteiger partial charge in [0.2, 0.25) is 0 Å². The van der Waals surface area contributed by atoms with Crippen molar-refractivity contribution in [3.05, 3.63) is 23.8 Å². The lowest BCUT2D eigenvalue weighted by Gasteiger charge is -2.67. The molecule has 13 atom stereocenters. The lowest BCUT2D eigenvalue weighted by Crippen LogP contribution is -2.80. The Morgan fingerprint density at radius 3 is 2.20 bits per heavy atom. The van der Waals surface area contributed by atoms with Crippen molar-refractivity contribution in [1.29, 1.82) is 0 Å². The molecule has 3 aliphatic carbocycles. The molecule has 304 valence electrons. The third-order valence-electron chi connectivity index (χ3n) is 12.1. The Hall–Kier alpha value is -3.08. The van der Waals surface area contributed by atoms with Crippen LogP contribution in [0.1, 0.15) is 95.4 Å². The molecule has 1 amide bonds. The summed E-state index contributed by atoms with van der Waals surface area (Å²) in [5, 5.41) is 39.5. The normalized spacial score (nSPS) is 38.4. The highest BCUT2D eigenvalue weighted by Crippen LogP contribution is 2.69. The van der Waals surface area contributed by atoms with Crippen molar-refractivity contribution in [2.45, 2.75) is 167 Å². The number of nitrogens with one attached hydrogen (secondary N) is 1. The molecule has 0 aromatic rings. The van der Waals surface area contributed by atoms with Gasteiger partial charge in [0.15, 0.2) is 24.1 Å². The minimum absolute atomic E-state index is 0.0521. The number of aliphatic hydroxyl groups excluding tert-OH is 2. The van der Waals surface area contributed by atoms with Crippen molar-refractivity contribution in [1.82, 2.24) is 5.32 Å². The largest absolute Gasteiger partial charge is 0.456 e. The van der Waals surface area contributed by atoms with Gasteiger partial charge in [-0.3, -0.25) is 9.59 Å². The van der Waals surface area contributed by atoms with E-state index in [1.54, 1.807) is 27.7 Å². The van der Waals surface area contributed by atoms with Crippen LogP contribution in [-0.4, -0.2) is 118 Å². The first-order valence-corrected chi connectivity index (χ1v) is 18.8. The molecule has 0 bridgehead atoms. The van der Waals surface area contributed by atoms with E-state index in [0.29, 0.717) is 5.57 Å². The van der Waals surface area contributed by atoms with Crippen LogP contribution in [0.3, 0.4) is 0 Å². The summed E-state index contributed by atoms with van der Waals surface area (Å²) in [6, 6.07) is -1.08. The van der Waals surface area contributed by atoms with E-state index in [1.165, 1.54) is 33.8 Å². The number of ether oxygens (including phenoxy) is 7. The molecule has 5 rings (SSSR count). The number of hydrogen-bond acceptors (Lipinski definition) is 14. The van der Waals surface area contributed by atoms with Gasteiger partial charge in [0.25, 0.3) is 0 Å². The van der Waals surface area contributed by atoms with Crippen LogP contribution < -0.4 is 5.32 Å². The molecule has 15 nitrogen and oxygen atoms in total. The molecule has 15 heteroatoms. The average molecular weight is 766 g/mol. The second-order valence-electron chi connectivity index (χ2n) is 17.8. The lowest BCUT2D eigenvalue weighted by molar-refractivity contribution is -0.393. The number of carbonyl (C=O) groups is 4. The van der Waals surface area contributed by atoms with Gasteiger partial charge in [-0.1, -0.05) is 27.4 Å². The SMILES string of the molecule is C=CC1OC2C[C@H]3OC[C@@]3(OC(C)=O)[C@H]3[C@H](O)C4(C(C)(C)O)C[C@H](OC(=O)C(O)[C@H](CC(C)C)NC(=O)OC(C)(C)C)C(C)=C4[C@H](OC(C)=O)[C@H](O1)C23C. The molecule has 4 fully saturated rings. The zero-order valence-corrected chi connectivity index (χ0v) is 33.3. The summed E-state index contributed by atoms with van der Waals surface area (Å²) >= 11 is 0. The van der Waals surface area contributed by atoms with Gasteiger partial charge in [0, 0.05) is 38.0 Å². The van der Waals surface area contributed by atoms with Gasteiger partial charge >= 0.3 is 24.0 Å². The maximum atomic E-state index is 13.9. The fourth-order valence-electron chi connectivity index (χ4n) is 9.94. The van der Waals surface area contributed by atoms with Crippen LogP contribution in [0.4, 0.5) is 4.79 Å². The number of alkyl carbamates (subject to hydrolysis) is 1. The number of rotatable bonds is 10. The number of fused-ring (bicyclic) bond motifs is 3. The predicted molar refractivity (Wildman–Crippen MR) is 190 cm³/mol. The second kappa shape index (κ2) is 14.5. The van der Waals surface area contributed by atoms with E-state index < -0.39 is 113 Å². The van der Waals surface area contributed by atoms with Crippen LogP contribution in [0.15, 0.2) is 23.8 Å². The second-order valence-corrected chi connectivity index (χ2v) is 17.8. The minimum atomic E-state index is -1.83. The standard InChI is InChI=1S/C39H59NO14/c1-13-26-51-24-15-25-39(17-48-25,53-21(6)42)30-31(44)38(36(10,11)47)16-23(19(4)27(38)29(49-20(5)41)32(52-26)37(24,30)12)50-33(45)28(43)22(14-18(2)3)40-34(46)54-35(7,8)9/h13,18,22-26,28-32,43-44,47H,1,14-17H2,2-12H3,(H,40,46)/t22-,23-,24?,25+,26?,28?,29-,30-,31-,32-,37?,38?,39-/m0/s1. The van der Waals surface area contributed by atoms with Crippen molar-refractivity contribution < 1.29 is 67.7 Å². The van der Waals surface area contributed by atoms with Gasteiger partial charge in [0.05, 0.1) is 35.9 Å². The Labute approximate surface area is 317 Å². The van der Waals surface area contributed by atoms with Crippen LogP contribution in [0.5, 0.6) is 0 Å². The third kappa shape index (κ3) is 6.97. The third-order valence-corrected chi connectivity index (χ3v) is 12.1.